The molecule has 0 saturated heterocycles. The molecule has 1 aliphatic rings. The molecular formula is C21H20F2N4O. The third-order valence-electron chi connectivity index (χ3n) is 5.16. The van der Waals surface area contributed by atoms with Gasteiger partial charge in [-0.15, -0.1) is 0 Å². The van der Waals surface area contributed by atoms with E-state index in [1.165, 1.54) is 19.1 Å². The van der Waals surface area contributed by atoms with Crippen LogP contribution in [-0.4, -0.2) is 32.5 Å². The van der Waals surface area contributed by atoms with Gasteiger partial charge in [0.05, 0.1) is 11.7 Å². The first-order valence-electron chi connectivity index (χ1n) is 9.16. The number of aromatic nitrogens is 3. The van der Waals surface area contributed by atoms with Crippen LogP contribution in [0.4, 0.5) is 8.78 Å². The van der Waals surface area contributed by atoms with E-state index in [9.17, 15) is 13.6 Å². The van der Waals surface area contributed by atoms with E-state index < -0.39 is 17.7 Å². The van der Waals surface area contributed by atoms with Crippen molar-refractivity contribution in [3.05, 3.63) is 70.5 Å². The van der Waals surface area contributed by atoms with Gasteiger partial charge >= 0.3 is 0 Å². The Morgan fingerprint density at radius 1 is 1.29 bits per heavy atom. The molecule has 1 atom stereocenters. The Hall–Kier alpha value is -3.09. The Balaban J connectivity index is 1.82. The smallest absolute Gasteiger partial charge is 0.219 e. The molecule has 4 rings (SSSR count). The average molecular weight is 382 g/mol. The summed E-state index contributed by atoms with van der Waals surface area (Å²) in [4.78, 5) is 18.6. The third-order valence-corrected chi connectivity index (χ3v) is 5.16. The van der Waals surface area contributed by atoms with Crippen LogP contribution in [0.15, 0.2) is 36.4 Å². The molecule has 3 aromatic rings. The van der Waals surface area contributed by atoms with Gasteiger partial charge in [-0.25, -0.2) is 8.78 Å². The molecule has 0 fully saturated rings. The number of aryl methyl sites for hydroxylation is 1. The van der Waals surface area contributed by atoms with Crippen molar-refractivity contribution in [2.45, 2.75) is 32.7 Å². The van der Waals surface area contributed by atoms with Crippen LogP contribution in [0.5, 0.6) is 0 Å². The van der Waals surface area contributed by atoms with Gasteiger partial charge in [-0.1, -0.05) is 12.1 Å². The minimum atomic E-state index is -0.623. The molecule has 1 N–H and O–H groups in total. The number of fused-ring (bicyclic) bond motifs is 1. The van der Waals surface area contributed by atoms with Gasteiger partial charge in [-0.3, -0.25) is 14.9 Å². The van der Waals surface area contributed by atoms with Crippen molar-refractivity contribution in [3.63, 3.8) is 0 Å². The van der Waals surface area contributed by atoms with Gasteiger partial charge in [0.15, 0.2) is 0 Å². The highest BCUT2D eigenvalue weighted by Crippen LogP contribution is 2.38. The number of amides is 1. The van der Waals surface area contributed by atoms with E-state index >= 15 is 0 Å². The van der Waals surface area contributed by atoms with Crippen LogP contribution in [0, 0.1) is 18.6 Å². The quantitative estimate of drug-likeness (QED) is 0.751. The van der Waals surface area contributed by atoms with Gasteiger partial charge in [0.25, 0.3) is 0 Å². The fourth-order valence-corrected chi connectivity index (χ4v) is 3.84. The molecule has 0 aliphatic carbocycles. The molecule has 0 radical (unpaired) electrons. The number of aromatic amines is 1. The maximum absolute atomic E-state index is 14.3. The van der Waals surface area contributed by atoms with Crippen LogP contribution in [0.1, 0.15) is 35.5 Å². The van der Waals surface area contributed by atoms with Gasteiger partial charge in [0.2, 0.25) is 5.91 Å². The zero-order chi connectivity index (χ0) is 19.8. The number of rotatable bonds is 3. The average Bonchev–Trinajstić information content (AvgIpc) is 3.08. The molecule has 0 spiro atoms. The molecule has 3 heterocycles. The first-order valence-corrected chi connectivity index (χ1v) is 9.16. The Kier molecular flexibility index (Phi) is 4.66. The molecule has 1 aromatic carbocycles. The second-order valence-corrected chi connectivity index (χ2v) is 7.05. The lowest BCUT2D eigenvalue weighted by Gasteiger charge is -2.35. The van der Waals surface area contributed by atoms with Crippen LogP contribution < -0.4 is 0 Å². The minimum Gasteiger partial charge on any atom is -0.335 e. The lowest BCUT2D eigenvalue weighted by atomic mass is 9.90. The number of halogens is 2. The van der Waals surface area contributed by atoms with E-state index in [2.05, 4.69) is 15.2 Å². The highest BCUT2D eigenvalue weighted by Gasteiger charge is 2.34. The van der Waals surface area contributed by atoms with Crippen molar-refractivity contribution in [1.29, 1.82) is 0 Å². The second kappa shape index (κ2) is 7.14. The van der Waals surface area contributed by atoms with Gasteiger partial charge in [0.1, 0.15) is 17.3 Å². The Labute approximate surface area is 161 Å². The predicted molar refractivity (Wildman–Crippen MR) is 100 cm³/mol. The summed E-state index contributed by atoms with van der Waals surface area (Å²) in [6, 6.07) is 8.80. The monoisotopic (exact) mass is 382 g/mol. The summed E-state index contributed by atoms with van der Waals surface area (Å²) in [5, 5.41) is 7.51. The summed E-state index contributed by atoms with van der Waals surface area (Å²) in [6.45, 7) is 3.91. The number of carbonyl (C=O) groups excluding carboxylic acids is 1. The number of nitrogens with zero attached hydrogens (tertiary/aromatic N) is 3. The van der Waals surface area contributed by atoms with Crippen molar-refractivity contribution in [2.24, 2.45) is 0 Å². The number of nitrogens with one attached hydrogen (secondary N) is 1. The van der Waals surface area contributed by atoms with Crippen LogP contribution in [0.2, 0.25) is 0 Å². The molecule has 7 heteroatoms. The van der Waals surface area contributed by atoms with Gasteiger partial charge in [0, 0.05) is 49.3 Å². The fourth-order valence-electron chi connectivity index (χ4n) is 3.84. The van der Waals surface area contributed by atoms with Gasteiger partial charge < -0.3 is 4.90 Å². The highest BCUT2D eigenvalue weighted by molar-refractivity contribution is 5.75. The van der Waals surface area contributed by atoms with Gasteiger partial charge in [-0.2, -0.15) is 5.10 Å². The van der Waals surface area contributed by atoms with Crippen molar-refractivity contribution in [1.82, 2.24) is 20.1 Å². The highest BCUT2D eigenvalue weighted by atomic mass is 19.1. The van der Waals surface area contributed by atoms with Crippen LogP contribution in [0.25, 0.3) is 11.4 Å². The number of pyridine rings is 1. The molecule has 1 aliphatic heterocycles. The first-order chi connectivity index (χ1) is 13.4. The summed E-state index contributed by atoms with van der Waals surface area (Å²) in [6.07, 6.45) is 0.868. The lowest BCUT2D eigenvalue weighted by molar-refractivity contribution is -0.131. The van der Waals surface area contributed by atoms with E-state index in [0.717, 1.165) is 23.0 Å². The first kappa shape index (κ1) is 18.3. The van der Waals surface area contributed by atoms with E-state index in [4.69, 9.17) is 0 Å². The third kappa shape index (κ3) is 3.28. The molecule has 0 saturated carbocycles. The number of hydrogen-bond acceptors (Lipinski definition) is 3. The molecule has 0 bridgehead atoms. The van der Waals surface area contributed by atoms with E-state index in [1.54, 1.807) is 4.90 Å². The molecule has 28 heavy (non-hydrogen) atoms. The summed E-state index contributed by atoms with van der Waals surface area (Å²) < 4.78 is 27.6. The van der Waals surface area contributed by atoms with E-state index in [-0.39, 0.29) is 12.3 Å². The van der Waals surface area contributed by atoms with Crippen molar-refractivity contribution in [2.75, 3.05) is 6.54 Å². The molecule has 5 nitrogen and oxygen atoms in total. The topological polar surface area (TPSA) is 61.9 Å². The molecule has 144 valence electrons. The molecule has 2 aromatic heterocycles. The van der Waals surface area contributed by atoms with Crippen LogP contribution in [0.3, 0.4) is 0 Å². The zero-order valence-corrected chi connectivity index (χ0v) is 15.7. The SMILES string of the molecule is CC(=O)N1CCc2[nH]nc(-c3cccc(C)n3)c2C1Cc1ccc(F)cc1F. The number of H-pyrrole nitrogens is 1. The van der Waals surface area contributed by atoms with Crippen molar-refractivity contribution in [3.8, 4) is 11.4 Å². The number of benzene rings is 1. The molecular weight excluding hydrogens is 362 g/mol. The largest absolute Gasteiger partial charge is 0.335 e. The number of carbonyl (C=O) groups is 1. The van der Waals surface area contributed by atoms with E-state index in [0.29, 0.717) is 29.9 Å². The Morgan fingerprint density at radius 2 is 2.11 bits per heavy atom. The summed E-state index contributed by atoms with van der Waals surface area (Å²) in [5.41, 5.74) is 4.35. The van der Waals surface area contributed by atoms with Crippen LogP contribution in [-0.2, 0) is 17.6 Å². The summed E-state index contributed by atoms with van der Waals surface area (Å²) in [5.74, 6) is -1.33. The number of hydrogen-bond donors (Lipinski definition) is 1. The lowest BCUT2D eigenvalue weighted by Crippen LogP contribution is -2.39. The van der Waals surface area contributed by atoms with Crippen molar-refractivity contribution < 1.29 is 13.6 Å². The summed E-state index contributed by atoms with van der Waals surface area (Å²) in [7, 11) is 0. The molecule has 1 unspecified atom stereocenters. The second-order valence-electron chi connectivity index (χ2n) is 7.05. The minimum absolute atomic E-state index is 0.0949. The van der Waals surface area contributed by atoms with E-state index in [1.807, 2.05) is 25.1 Å². The molecule has 1 amide bonds. The zero-order valence-electron chi connectivity index (χ0n) is 15.7. The summed E-state index contributed by atoms with van der Waals surface area (Å²) >= 11 is 0. The Bertz CT molecular complexity index is 1050. The maximum Gasteiger partial charge on any atom is 0.219 e. The van der Waals surface area contributed by atoms with Crippen molar-refractivity contribution >= 4 is 5.91 Å². The maximum atomic E-state index is 14.3. The standard InChI is InChI=1S/C21H20F2N4O/c1-12-4-3-5-18(24-12)21-20-17(25-26-21)8-9-27(13(2)28)19(20)10-14-6-7-15(22)11-16(14)23/h3-7,11,19H,8-10H2,1-2H3,(H,25,26). The normalized spacial score (nSPS) is 16.1. The fraction of sp³-hybridized carbons (Fsp3) is 0.286. The predicted octanol–water partition coefficient (Wildman–Crippen LogP) is 3.75. The van der Waals surface area contributed by atoms with Crippen LogP contribution >= 0.6 is 0 Å². The van der Waals surface area contributed by atoms with Gasteiger partial charge in [-0.05, 0) is 30.7 Å². The Morgan fingerprint density at radius 3 is 2.82 bits per heavy atom.